The smallest absolute Gasteiger partial charge is 0.248 e. The van der Waals surface area contributed by atoms with Crippen LogP contribution in [0.5, 0.6) is 0 Å². The van der Waals surface area contributed by atoms with Gasteiger partial charge in [0.1, 0.15) is 11.6 Å². The molecule has 1 saturated heterocycles. The molecule has 0 aliphatic carbocycles. The van der Waals surface area contributed by atoms with Crippen molar-refractivity contribution < 1.29 is 14.3 Å². The van der Waals surface area contributed by atoms with Gasteiger partial charge in [0.25, 0.3) is 0 Å². The lowest BCUT2D eigenvalue weighted by atomic mass is 10.2. The fourth-order valence-corrected chi connectivity index (χ4v) is 3.45. The normalized spacial score (nSPS) is 22.2. The third-order valence-electron chi connectivity index (χ3n) is 3.72. The zero-order valence-corrected chi connectivity index (χ0v) is 13.6. The van der Waals surface area contributed by atoms with E-state index in [0.717, 1.165) is 15.2 Å². The number of carbonyl (C=O) groups excluding carboxylic acids is 1. The van der Waals surface area contributed by atoms with Gasteiger partial charge >= 0.3 is 0 Å². The number of hydrogen-bond donors (Lipinski definition) is 0. The third-order valence-corrected chi connectivity index (χ3v) is 4.73. The molecule has 1 aliphatic heterocycles. The van der Waals surface area contributed by atoms with E-state index in [-0.39, 0.29) is 24.7 Å². The molecule has 1 aliphatic rings. The van der Waals surface area contributed by atoms with Crippen molar-refractivity contribution >= 4 is 27.5 Å². The van der Waals surface area contributed by atoms with Gasteiger partial charge in [0.2, 0.25) is 5.91 Å². The van der Waals surface area contributed by atoms with Gasteiger partial charge in [-0.15, -0.1) is 11.3 Å². The molecule has 2 heterocycles. The summed E-state index contributed by atoms with van der Waals surface area (Å²) < 4.78 is 12.2. The van der Waals surface area contributed by atoms with E-state index >= 15 is 0 Å². The van der Waals surface area contributed by atoms with Crippen LogP contribution in [0.2, 0.25) is 0 Å². The van der Waals surface area contributed by atoms with Crippen molar-refractivity contribution in [3.8, 4) is 0 Å². The molecule has 2 atom stereocenters. The Balaban J connectivity index is 1.52. The summed E-state index contributed by atoms with van der Waals surface area (Å²) in [6.07, 6.45) is 0.0874. The van der Waals surface area contributed by atoms with Crippen LogP contribution in [-0.4, -0.2) is 47.7 Å². The van der Waals surface area contributed by atoms with Gasteiger partial charge in [0.05, 0.1) is 35.6 Å². The first-order valence-corrected chi connectivity index (χ1v) is 8.28. The second-order valence-electron chi connectivity index (χ2n) is 5.61. The molecule has 0 N–H and O–H groups in total. The molecule has 1 aromatic carbocycles. The molecule has 0 spiro atoms. The van der Waals surface area contributed by atoms with Crippen LogP contribution in [0.25, 0.3) is 10.2 Å². The van der Waals surface area contributed by atoms with Gasteiger partial charge in [-0.05, 0) is 26.0 Å². The lowest BCUT2D eigenvalue weighted by Gasteiger charge is -2.36. The molecule has 1 fully saturated rings. The molecular weight excluding hydrogens is 300 g/mol. The average molecular weight is 320 g/mol. The first kappa shape index (κ1) is 15.4. The summed E-state index contributed by atoms with van der Waals surface area (Å²) in [6, 6.07) is 8.09. The number of aromatic nitrogens is 1. The topological polar surface area (TPSA) is 51.7 Å². The molecule has 0 unspecified atom stereocenters. The van der Waals surface area contributed by atoms with Crippen LogP contribution in [-0.2, 0) is 20.9 Å². The van der Waals surface area contributed by atoms with Gasteiger partial charge in [-0.1, -0.05) is 12.1 Å². The zero-order chi connectivity index (χ0) is 15.5. The summed E-state index contributed by atoms with van der Waals surface area (Å²) in [4.78, 5) is 18.6. The Bertz CT molecular complexity index is 625. The number of para-hydroxylation sites is 1. The monoisotopic (exact) mass is 320 g/mol. The maximum atomic E-state index is 12.2. The first-order chi connectivity index (χ1) is 10.6. The Morgan fingerprint density at radius 3 is 3.09 bits per heavy atom. The quantitative estimate of drug-likeness (QED) is 0.868. The van der Waals surface area contributed by atoms with Crippen LogP contribution < -0.4 is 0 Å². The van der Waals surface area contributed by atoms with Crippen molar-refractivity contribution in [3.63, 3.8) is 0 Å². The van der Waals surface area contributed by atoms with Crippen LogP contribution in [0.3, 0.4) is 0 Å². The summed E-state index contributed by atoms with van der Waals surface area (Å²) in [6.45, 7) is 5.66. The van der Waals surface area contributed by atoms with Gasteiger partial charge in [-0.2, -0.15) is 0 Å². The highest BCUT2D eigenvalue weighted by molar-refractivity contribution is 7.18. The first-order valence-electron chi connectivity index (χ1n) is 7.47. The van der Waals surface area contributed by atoms with Crippen molar-refractivity contribution in [1.29, 1.82) is 0 Å². The number of morpholine rings is 1. The van der Waals surface area contributed by atoms with Crippen molar-refractivity contribution in [2.75, 3.05) is 19.8 Å². The summed E-state index contributed by atoms with van der Waals surface area (Å²) in [5.41, 5.74) is 0.980. The van der Waals surface area contributed by atoms with Crippen molar-refractivity contribution in [2.45, 2.75) is 32.6 Å². The summed E-state index contributed by atoms with van der Waals surface area (Å²) in [5.74, 6) is 0.0174. The molecule has 1 amide bonds. The lowest BCUT2D eigenvalue weighted by molar-refractivity contribution is -0.148. The second kappa shape index (κ2) is 6.73. The molecule has 0 bridgehead atoms. The number of ether oxygens (including phenoxy) is 2. The SMILES string of the molecule is C[C@@H]1CO[C@@H](C)CN1C(=O)COCc1nc2ccccc2s1. The molecule has 3 rings (SSSR count). The van der Waals surface area contributed by atoms with Gasteiger partial charge in [-0.25, -0.2) is 4.98 Å². The van der Waals surface area contributed by atoms with Crippen LogP contribution >= 0.6 is 11.3 Å². The minimum atomic E-state index is 0.0174. The fraction of sp³-hybridized carbons (Fsp3) is 0.500. The molecule has 118 valence electrons. The molecule has 0 radical (unpaired) electrons. The van der Waals surface area contributed by atoms with Crippen LogP contribution in [0.1, 0.15) is 18.9 Å². The van der Waals surface area contributed by atoms with Crippen molar-refractivity contribution in [1.82, 2.24) is 9.88 Å². The summed E-state index contributed by atoms with van der Waals surface area (Å²) >= 11 is 1.60. The molecule has 5 nitrogen and oxygen atoms in total. The highest BCUT2D eigenvalue weighted by atomic mass is 32.1. The minimum Gasteiger partial charge on any atom is -0.375 e. The van der Waals surface area contributed by atoms with Gasteiger partial charge in [-0.3, -0.25) is 4.79 Å². The molecule has 1 aromatic heterocycles. The molecule has 2 aromatic rings. The molecule has 0 saturated carbocycles. The Kier molecular flexibility index (Phi) is 4.71. The lowest BCUT2D eigenvalue weighted by Crippen LogP contribution is -2.51. The maximum Gasteiger partial charge on any atom is 0.248 e. The number of amides is 1. The average Bonchev–Trinajstić information content (AvgIpc) is 2.92. The predicted octanol–water partition coefficient (Wildman–Crippen LogP) is 2.45. The van der Waals surface area contributed by atoms with E-state index in [1.54, 1.807) is 11.3 Å². The number of rotatable bonds is 4. The van der Waals surface area contributed by atoms with Gasteiger partial charge < -0.3 is 14.4 Å². The number of hydrogen-bond acceptors (Lipinski definition) is 5. The highest BCUT2D eigenvalue weighted by Crippen LogP contribution is 2.22. The number of carbonyl (C=O) groups is 1. The maximum absolute atomic E-state index is 12.2. The van der Waals surface area contributed by atoms with E-state index < -0.39 is 0 Å². The number of fused-ring (bicyclic) bond motifs is 1. The highest BCUT2D eigenvalue weighted by Gasteiger charge is 2.27. The zero-order valence-electron chi connectivity index (χ0n) is 12.8. The van der Waals surface area contributed by atoms with Crippen LogP contribution in [0.4, 0.5) is 0 Å². The fourth-order valence-electron chi connectivity index (χ4n) is 2.54. The van der Waals surface area contributed by atoms with E-state index in [1.807, 2.05) is 43.0 Å². The Labute approximate surface area is 133 Å². The Morgan fingerprint density at radius 2 is 2.27 bits per heavy atom. The summed E-state index contributed by atoms with van der Waals surface area (Å²) in [7, 11) is 0. The van der Waals surface area contributed by atoms with E-state index in [2.05, 4.69) is 4.98 Å². The number of benzene rings is 1. The van der Waals surface area contributed by atoms with Crippen molar-refractivity contribution in [3.05, 3.63) is 29.3 Å². The predicted molar refractivity (Wildman–Crippen MR) is 85.9 cm³/mol. The Morgan fingerprint density at radius 1 is 1.45 bits per heavy atom. The van der Waals surface area contributed by atoms with Crippen LogP contribution in [0.15, 0.2) is 24.3 Å². The Hall–Kier alpha value is -1.50. The van der Waals surface area contributed by atoms with Gasteiger partial charge in [0, 0.05) is 6.54 Å². The number of thiazole rings is 1. The third kappa shape index (κ3) is 3.45. The van der Waals surface area contributed by atoms with E-state index in [0.29, 0.717) is 19.8 Å². The molecule has 22 heavy (non-hydrogen) atoms. The second-order valence-corrected chi connectivity index (χ2v) is 6.72. The van der Waals surface area contributed by atoms with E-state index in [4.69, 9.17) is 9.47 Å². The van der Waals surface area contributed by atoms with Crippen molar-refractivity contribution in [2.24, 2.45) is 0 Å². The number of nitrogens with zero attached hydrogens (tertiary/aromatic N) is 2. The van der Waals surface area contributed by atoms with E-state index in [1.165, 1.54) is 0 Å². The van der Waals surface area contributed by atoms with Gasteiger partial charge in [0.15, 0.2) is 0 Å². The standard InChI is InChI=1S/C16H20N2O3S/c1-11-8-21-12(2)7-18(11)16(19)10-20-9-15-17-13-5-3-4-6-14(13)22-15/h3-6,11-12H,7-10H2,1-2H3/t11-,12+/m1/s1. The summed E-state index contributed by atoms with van der Waals surface area (Å²) in [5, 5.41) is 0.900. The van der Waals surface area contributed by atoms with E-state index in [9.17, 15) is 4.79 Å². The molecular formula is C16H20N2O3S. The van der Waals surface area contributed by atoms with Crippen LogP contribution in [0, 0.1) is 0 Å². The molecule has 6 heteroatoms. The largest absolute Gasteiger partial charge is 0.375 e. The minimum absolute atomic E-state index is 0.0174.